The number of amidine groups is 1. The highest BCUT2D eigenvalue weighted by Gasteiger charge is 2.25. The predicted molar refractivity (Wildman–Crippen MR) is 126 cm³/mol. The minimum atomic E-state index is -0.462. The zero-order valence-corrected chi connectivity index (χ0v) is 18.5. The van der Waals surface area contributed by atoms with Crippen molar-refractivity contribution in [1.82, 2.24) is 5.32 Å². The van der Waals surface area contributed by atoms with E-state index in [1.54, 1.807) is 12.1 Å². The summed E-state index contributed by atoms with van der Waals surface area (Å²) in [4.78, 5) is 17.4. The molecule has 2 aliphatic rings. The Hall–Kier alpha value is -3.67. The van der Waals surface area contributed by atoms with E-state index in [0.717, 1.165) is 18.8 Å². The minimum absolute atomic E-state index is 0.0803. The average molecular weight is 444 g/mol. The third-order valence-electron chi connectivity index (χ3n) is 6.49. The number of rotatable bonds is 6. The fourth-order valence-corrected chi connectivity index (χ4v) is 4.45. The van der Waals surface area contributed by atoms with Crippen LogP contribution in [-0.2, 0) is 24.2 Å². The molecule has 3 aromatic carbocycles. The SMILES string of the molecule is CO/N=C(\N)c1ccc(CNC(=O)c2ccc3c(c2)Cc2cc(C4CC4)ccc2C3)c(F)c1. The van der Waals surface area contributed by atoms with Crippen LogP contribution in [0.4, 0.5) is 4.39 Å². The molecule has 0 aromatic heterocycles. The lowest BCUT2D eigenvalue weighted by Gasteiger charge is -2.21. The van der Waals surface area contributed by atoms with Crippen molar-refractivity contribution in [2.75, 3.05) is 7.11 Å². The number of nitrogens with two attached hydrogens (primary N) is 1. The second-order valence-corrected chi connectivity index (χ2v) is 8.79. The first-order valence-electron chi connectivity index (χ1n) is 11.2. The van der Waals surface area contributed by atoms with E-state index in [-0.39, 0.29) is 18.3 Å². The molecule has 0 spiro atoms. The molecule has 33 heavy (non-hydrogen) atoms. The maximum Gasteiger partial charge on any atom is 0.251 e. The Labute approximate surface area is 192 Å². The molecule has 2 aliphatic carbocycles. The Balaban J connectivity index is 1.27. The number of fused-ring (bicyclic) bond motifs is 2. The van der Waals surface area contributed by atoms with Gasteiger partial charge in [-0.15, -0.1) is 0 Å². The van der Waals surface area contributed by atoms with Crippen molar-refractivity contribution in [3.63, 3.8) is 0 Å². The summed E-state index contributed by atoms with van der Waals surface area (Å²) in [6, 6.07) is 17.3. The average Bonchev–Trinajstić information content (AvgIpc) is 3.66. The summed E-state index contributed by atoms with van der Waals surface area (Å²) in [6.07, 6.45) is 4.31. The molecule has 0 unspecified atom stereocenters. The number of oxime groups is 1. The van der Waals surface area contributed by atoms with E-state index in [0.29, 0.717) is 16.7 Å². The molecule has 5 nitrogen and oxygen atoms in total. The number of hydrogen-bond acceptors (Lipinski definition) is 3. The fraction of sp³-hybridized carbons (Fsp3) is 0.259. The van der Waals surface area contributed by atoms with Crippen molar-refractivity contribution < 1.29 is 14.0 Å². The molecule has 0 radical (unpaired) electrons. The molecule has 0 atom stereocenters. The van der Waals surface area contributed by atoms with Crippen LogP contribution in [0.1, 0.15) is 68.1 Å². The first-order valence-corrected chi connectivity index (χ1v) is 11.2. The van der Waals surface area contributed by atoms with Gasteiger partial charge in [-0.2, -0.15) is 0 Å². The van der Waals surface area contributed by atoms with E-state index in [2.05, 4.69) is 33.5 Å². The van der Waals surface area contributed by atoms with Gasteiger partial charge in [-0.1, -0.05) is 41.6 Å². The molecule has 5 rings (SSSR count). The molecule has 168 valence electrons. The second-order valence-electron chi connectivity index (χ2n) is 8.79. The van der Waals surface area contributed by atoms with Crippen LogP contribution >= 0.6 is 0 Å². The van der Waals surface area contributed by atoms with E-state index in [1.807, 2.05) is 18.2 Å². The maximum absolute atomic E-state index is 14.5. The smallest absolute Gasteiger partial charge is 0.251 e. The van der Waals surface area contributed by atoms with Gasteiger partial charge in [-0.05, 0) is 77.6 Å². The molecule has 6 heteroatoms. The van der Waals surface area contributed by atoms with Crippen molar-refractivity contribution in [1.29, 1.82) is 0 Å². The van der Waals surface area contributed by atoms with Crippen LogP contribution in [0, 0.1) is 5.82 Å². The van der Waals surface area contributed by atoms with Gasteiger partial charge in [0.15, 0.2) is 5.84 Å². The van der Waals surface area contributed by atoms with Crippen LogP contribution in [0.2, 0.25) is 0 Å². The summed E-state index contributed by atoms with van der Waals surface area (Å²) < 4.78 is 14.5. The van der Waals surface area contributed by atoms with E-state index in [4.69, 9.17) is 5.73 Å². The fourth-order valence-electron chi connectivity index (χ4n) is 4.45. The normalized spacial score (nSPS) is 14.9. The van der Waals surface area contributed by atoms with E-state index in [9.17, 15) is 9.18 Å². The number of carbonyl (C=O) groups excluding carboxylic acids is 1. The summed E-state index contributed by atoms with van der Waals surface area (Å²) in [6.45, 7) is 0.0803. The van der Waals surface area contributed by atoms with Crippen LogP contribution in [0.15, 0.2) is 59.8 Å². The van der Waals surface area contributed by atoms with Crippen molar-refractivity contribution in [3.05, 3.63) is 105 Å². The lowest BCUT2D eigenvalue weighted by molar-refractivity contribution is 0.0950. The van der Waals surface area contributed by atoms with Gasteiger partial charge in [-0.3, -0.25) is 4.79 Å². The summed E-state index contributed by atoms with van der Waals surface area (Å²) in [5.74, 6) is 0.133. The van der Waals surface area contributed by atoms with Crippen molar-refractivity contribution in [3.8, 4) is 0 Å². The monoisotopic (exact) mass is 443 g/mol. The number of hydrogen-bond donors (Lipinski definition) is 2. The lowest BCUT2D eigenvalue weighted by atomic mass is 9.84. The van der Waals surface area contributed by atoms with Gasteiger partial charge in [-0.25, -0.2) is 4.39 Å². The van der Waals surface area contributed by atoms with Crippen LogP contribution in [-0.4, -0.2) is 18.9 Å². The lowest BCUT2D eigenvalue weighted by Crippen LogP contribution is -2.24. The Bertz CT molecular complexity index is 1260. The third kappa shape index (κ3) is 4.46. The quantitative estimate of drug-likeness (QED) is 0.264. The van der Waals surface area contributed by atoms with Crippen molar-refractivity contribution in [2.24, 2.45) is 10.9 Å². The first kappa shape index (κ1) is 21.2. The highest BCUT2D eigenvalue weighted by molar-refractivity contribution is 5.97. The Morgan fingerprint density at radius 1 is 1.00 bits per heavy atom. The predicted octanol–water partition coefficient (Wildman–Crippen LogP) is 4.39. The molecule has 1 amide bonds. The number of benzene rings is 3. The number of nitrogens with one attached hydrogen (secondary N) is 1. The maximum atomic E-state index is 14.5. The topological polar surface area (TPSA) is 76.7 Å². The zero-order valence-electron chi connectivity index (χ0n) is 18.5. The summed E-state index contributed by atoms with van der Waals surface area (Å²) >= 11 is 0. The molecule has 0 bridgehead atoms. The third-order valence-corrected chi connectivity index (χ3v) is 6.49. The molecule has 1 fully saturated rings. The minimum Gasteiger partial charge on any atom is -0.397 e. The number of halogens is 1. The van der Waals surface area contributed by atoms with E-state index < -0.39 is 5.82 Å². The summed E-state index contributed by atoms with van der Waals surface area (Å²) in [5, 5.41) is 6.43. The van der Waals surface area contributed by atoms with Crippen LogP contribution in [0.3, 0.4) is 0 Å². The van der Waals surface area contributed by atoms with Crippen molar-refractivity contribution >= 4 is 11.7 Å². The largest absolute Gasteiger partial charge is 0.397 e. The molecular formula is C27H26FN3O2. The van der Waals surface area contributed by atoms with Gasteiger partial charge in [0.05, 0.1) is 0 Å². The Morgan fingerprint density at radius 2 is 1.70 bits per heavy atom. The molecule has 0 saturated heterocycles. The highest BCUT2D eigenvalue weighted by atomic mass is 19.1. The molecule has 0 heterocycles. The number of carbonyl (C=O) groups is 1. The highest BCUT2D eigenvalue weighted by Crippen LogP contribution is 2.41. The van der Waals surface area contributed by atoms with Gasteiger partial charge in [0.1, 0.15) is 12.9 Å². The van der Waals surface area contributed by atoms with Gasteiger partial charge in [0.25, 0.3) is 5.91 Å². The summed E-state index contributed by atoms with van der Waals surface area (Å²) in [5.41, 5.74) is 13.7. The standard InChI is InChI=1S/C27H26FN3O2/c1-33-31-26(29)20-7-9-22(25(28)14-20)15-30-27(32)21-8-6-19-10-18-5-4-17(16-2-3-16)11-23(18)13-24(19)12-21/h4-9,11-12,14,16H,2-3,10,13,15H2,1H3,(H2,29,31)(H,30,32). The zero-order chi connectivity index (χ0) is 22.9. The Kier molecular flexibility index (Phi) is 5.58. The molecule has 3 N–H and O–H groups in total. The molecule has 0 aliphatic heterocycles. The first-order chi connectivity index (χ1) is 16.0. The van der Waals surface area contributed by atoms with Gasteiger partial charge >= 0.3 is 0 Å². The molecule has 1 saturated carbocycles. The van der Waals surface area contributed by atoms with Crippen LogP contribution < -0.4 is 11.1 Å². The number of amides is 1. The number of nitrogens with zero attached hydrogens (tertiary/aromatic N) is 1. The molecular weight excluding hydrogens is 417 g/mol. The second kappa shape index (κ2) is 8.70. The van der Waals surface area contributed by atoms with E-state index in [1.165, 1.54) is 53.8 Å². The van der Waals surface area contributed by atoms with Gasteiger partial charge < -0.3 is 15.9 Å². The van der Waals surface area contributed by atoms with Crippen LogP contribution in [0.25, 0.3) is 0 Å². The van der Waals surface area contributed by atoms with E-state index >= 15 is 0 Å². The summed E-state index contributed by atoms with van der Waals surface area (Å²) in [7, 11) is 1.37. The van der Waals surface area contributed by atoms with Crippen LogP contribution in [0.5, 0.6) is 0 Å². The molecule has 3 aromatic rings. The van der Waals surface area contributed by atoms with Gasteiger partial charge in [0.2, 0.25) is 0 Å². The Morgan fingerprint density at radius 3 is 2.42 bits per heavy atom. The van der Waals surface area contributed by atoms with Crippen molar-refractivity contribution in [2.45, 2.75) is 38.1 Å². The van der Waals surface area contributed by atoms with Gasteiger partial charge in [0, 0.05) is 23.2 Å².